The van der Waals surface area contributed by atoms with Gasteiger partial charge in [0.2, 0.25) is 5.82 Å². The first-order valence-electron chi connectivity index (χ1n) is 11.4. The van der Waals surface area contributed by atoms with Crippen LogP contribution < -0.4 is 9.80 Å². The molecule has 2 aromatic rings. The Morgan fingerprint density at radius 2 is 2.03 bits per heavy atom. The van der Waals surface area contributed by atoms with Crippen LogP contribution in [0.5, 0.6) is 0 Å². The van der Waals surface area contributed by atoms with Crippen LogP contribution in [0, 0.1) is 0 Å². The number of anilines is 2. The van der Waals surface area contributed by atoms with Gasteiger partial charge in [-0.3, -0.25) is 14.7 Å². The Morgan fingerprint density at radius 1 is 1.21 bits per heavy atom. The van der Waals surface area contributed by atoms with Crippen LogP contribution in [0.15, 0.2) is 27.7 Å². The van der Waals surface area contributed by atoms with Crippen LogP contribution in [0.3, 0.4) is 0 Å². The van der Waals surface area contributed by atoms with E-state index in [0.29, 0.717) is 29.0 Å². The Morgan fingerprint density at radius 3 is 2.76 bits per heavy atom. The van der Waals surface area contributed by atoms with Crippen molar-refractivity contribution in [1.82, 2.24) is 10.1 Å². The van der Waals surface area contributed by atoms with E-state index in [1.54, 1.807) is 24.4 Å². The van der Waals surface area contributed by atoms with Crippen molar-refractivity contribution in [3.8, 4) is 0 Å². The van der Waals surface area contributed by atoms with Gasteiger partial charge in [0.05, 0.1) is 22.7 Å². The summed E-state index contributed by atoms with van der Waals surface area (Å²) in [5.74, 6) is 0.693. The molecule has 3 atom stereocenters. The van der Waals surface area contributed by atoms with E-state index >= 15 is 0 Å². The van der Waals surface area contributed by atoms with Gasteiger partial charge in [-0.25, -0.2) is 0 Å². The molecule has 1 aliphatic carbocycles. The molecular formula is C23H26ClN5O4. The summed E-state index contributed by atoms with van der Waals surface area (Å²) < 4.78 is 17.5. The summed E-state index contributed by atoms with van der Waals surface area (Å²) in [6.07, 6.45) is 7.07. The number of ether oxygens (including phenoxy) is 2. The number of hydrogen-bond donors (Lipinski definition) is 0. The van der Waals surface area contributed by atoms with Crippen molar-refractivity contribution < 1.29 is 18.8 Å². The highest BCUT2D eigenvalue weighted by Gasteiger charge is 2.54. The monoisotopic (exact) mass is 471 g/mol. The Balaban J connectivity index is 1.41. The fourth-order valence-electron chi connectivity index (χ4n) is 5.71. The molecule has 3 aliphatic heterocycles. The first-order valence-corrected chi connectivity index (χ1v) is 11.8. The highest BCUT2D eigenvalue weighted by Crippen LogP contribution is 2.50. The third-order valence-electron chi connectivity index (χ3n) is 7.47. The van der Waals surface area contributed by atoms with Gasteiger partial charge in [0.15, 0.2) is 6.04 Å². The number of halogens is 1. The number of carbonyl (C=O) groups excluding carboxylic acids is 1. The van der Waals surface area contributed by atoms with Crippen molar-refractivity contribution in [2.24, 2.45) is 4.99 Å². The molecule has 1 amide bonds. The number of carbonyl (C=O) groups is 1. The van der Waals surface area contributed by atoms with Gasteiger partial charge in [0.25, 0.3) is 11.8 Å². The van der Waals surface area contributed by atoms with Crippen LogP contribution in [0.1, 0.15) is 63.2 Å². The van der Waals surface area contributed by atoms with Crippen molar-refractivity contribution >= 4 is 35.2 Å². The highest BCUT2D eigenvalue weighted by atomic mass is 35.5. The van der Waals surface area contributed by atoms with E-state index in [1.165, 1.54) is 0 Å². The van der Waals surface area contributed by atoms with Gasteiger partial charge in [-0.1, -0.05) is 22.8 Å². The molecule has 9 nitrogen and oxygen atoms in total. The highest BCUT2D eigenvalue weighted by molar-refractivity contribution is 6.35. The number of hydrogen-bond acceptors (Lipinski definition) is 8. The number of aromatic nitrogens is 2. The van der Waals surface area contributed by atoms with E-state index in [0.717, 1.165) is 44.2 Å². The Hall–Kier alpha value is -2.49. The van der Waals surface area contributed by atoms with Crippen LogP contribution >= 0.6 is 11.6 Å². The van der Waals surface area contributed by atoms with Crippen molar-refractivity contribution in [1.29, 1.82) is 0 Å². The van der Waals surface area contributed by atoms with Gasteiger partial charge in [-0.2, -0.15) is 4.98 Å². The number of para-hydroxylation sites is 1. The molecule has 0 N–H and O–H groups in total. The quantitative estimate of drug-likeness (QED) is 0.665. The minimum absolute atomic E-state index is 0.149. The predicted octanol–water partition coefficient (Wildman–Crippen LogP) is 3.97. The maximum Gasteiger partial charge on any atom is 0.255 e. The average molecular weight is 472 g/mol. The minimum Gasteiger partial charge on any atom is -0.370 e. The molecule has 0 bridgehead atoms. The second-order valence-corrected chi connectivity index (χ2v) is 9.74. The summed E-state index contributed by atoms with van der Waals surface area (Å²) in [5, 5.41) is 4.74. The molecule has 2 fully saturated rings. The molecule has 3 unspecified atom stereocenters. The number of rotatable bonds is 4. The fourth-order valence-corrected chi connectivity index (χ4v) is 5.96. The third-order valence-corrected chi connectivity index (χ3v) is 7.77. The van der Waals surface area contributed by atoms with Gasteiger partial charge >= 0.3 is 0 Å². The van der Waals surface area contributed by atoms with Crippen molar-refractivity contribution in [2.45, 2.75) is 68.9 Å². The van der Waals surface area contributed by atoms with Gasteiger partial charge in [0, 0.05) is 13.7 Å². The van der Waals surface area contributed by atoms with Crippen LogP contribution in [0.2, 0.25) is 5.02 Å². The fraction of sp³-hybridized carbons (Fsp3) is 0.565. The molecule has 10 heteroatoms. The molecule has 1 aromatic heterocycles. The molecular weight excluding hydrogens is 446 g/mol. The molecule has 4 aliphatic rings. The summed E-state index contributed by atoms with van der Waals surface area (Å²) in [7, 11) is 1.68. The number of aliphatic imine (C=N–C) groups is 1. The summed E-state index contributed by atoms with van der Waals surface area (Å²) in [6.45, 7) is 2.54. The van der Waals surface area contributed by atoms with Crippen LogP contribution in [-0.2, 0) is 19.9 Å². The lowest BCUT2D eigenvalue weighted by Gasteiger charge is -2.46. The zero-order valence-corrected chi connectivity index (χ0v) is 19.4. The molecule has 1 saturated carbocycles. The first kappa shape index (κ1) is 21.1. The van der Waals surface area contributed by atoms with Crippen molar-refractivity contribution in [2.75, 3.05) is 23.5 Å². The molecule has 1 aromatic carbocycles. The molecule has 33 heavy (non-hydrogen) atoms. The number of benzene rings is 1. The summed E-state index contributed by atoms with van der Waals surface area (Å²) in [5.41, 5.74) is 0.142. The van der Waals surface area contributed by atoms with E-state index in [2.05, 4.69) is 15.1 Å². The lowest BCUT2D eigenvalue weighted by atomic mass is 9.97. The van der Waals surface area contributed by atoms with Crippen molar-refractivity contribution in [3.05, 3.63) is 34.9 Å². The van der Waals surface area contributed by atoms with Gasteiger partial charge in [-0.05, 0) is 57.6 Å². The Bertz CT molecular complexity index is 1120. The summed E-state index contributed by atoms with van der Waals surface area (Å²) >= 11 is 6.62. The van der Waals surface area contributed by atoms with Crippen LogP contribution in [-0.4, -0.2) is 47.9 Å². The maximum atomic E-state index is 14.0. The second kappa shape index (κ2) is 7.51. The maximum absolute atomic E-state index is 14.0. The molecule has 4 heterocycles. The summed E-state index contributed by atoms with van der Waals surface area (Å²) in [4.78, 5) is 26.9. The van der Waals surface area contributed by atoms with E-state index < -0.39 is 23.4 Å². The van der Waals surface area contributed by atoms with E-state index in [1.807, 2.05) is 24.0 Å². The van der Waals surface area contributed by atoms with Crippen molar-refractivity contribution in [3.63, 3.8) is 0 Å². The number of nitrogens with zero attached hydrogens (tertiary/aromatic N) is 5. The van der Waals surface area contributed by atoms with Gasteiger partial charge in [0.1, 0.15) is 17.4 Å². The van der Waals surface area contributed by atoms with Gasteiger partial charge < -0.3 is 18.9 Å². The third kappa shape index (κ3) is 2.98. The van der Waals surface area contributed by atoms with Crippen LogP contribution in [0.25, 0.3) is 0 Å². The predicted molar refractivity (Wildman–Crippen MR) is 121 cm³/mol. The first-order chi connectivity index (χ1) is 16.0. The van der Waals surface area contributed by atoms with E-state index in [9.17, 15) is 4.79 Å². The zero-order chi connectivity index (χ0) is 22.8. The van der Waals surface area contributed by atoms with E-state index in [4.69, 9.17) is 25.6 Å². The number of methoxy groups -OCH3 is 1. The Labute approximate surface area is 196 Å². The van der Waals surface area contributed by atoms with Gasteiger partial charge in [-0.15, -0.1) is 0 Å². The lowest BCUT2D eigenvalue weighted by molar-refractivity contribution is -0.125. The Kier molecular flexibility index (Phi) is 4.80. The zero-order valence-electron chi connectivity index (χ0n) is 18.7. The molecule has 6 rings (SSSR count). The molecule has 1 saturated heterocycles. The SMILES string of the molecule is COC1(c2noc(C3N=CN4c5cccc(Cl)c5N(C5(C)CCCO5)C(=O)C34)n2)CCCC1. The smallest absolute Gasteiger partial charge is 0.255 e. The standard InChI is InChI=1S/C23H26ClN5O4/c1-22(9-6-12-32-22)29-17-14(24)7-5-8-15(17)28-13-25-16(18(28)20(29)30)19-26-21(27-33-19)23(31-2)10-3-4-11-23/h5,7-8,13,16,18H,3-4,6,9-12H2,1-2H3. The van der Waals surface area contributed by atoms with Crippen LogP contribution in [0.4, 0.5) is 11.4 Å². The number of amides is 1. The van der Waals surface area contributed by atoms with E-state index in [-0.39, 0.29) is 5.91 Å². The lowest BCUT2D eigenvalue weighted by Crippen LogP contribution is -2.60. The number of fused-ring (bicyclic) bond motifs is 3. The normalized spacial score (nSPS) is 30.2. The second-order valence-electron chi connectivity index (χ2n) is 9.33. The molecule has 0 spiro atoms. The largest absolute Gasteiger partial charge is 0.370 e. The summed E-state index contributed by atoms with van der Waals surface area (Å²) in [6, 6.07) is 4.32. The minimum atomic E-state index is -0.778. The topological polar surface area (TPSA) is 93.3 Å². The molecule has 174 valence electrons. The molecule has 0 radical (unpaired) electrons. The average Bonchev–Trinajstić information content (AvgIpc) is 3.60.